The number of amides is 2. The van der Waals surface area contributed by atoms with Gasteiger partial charge in [0.15, 0.2) is 0 Å². The number of carboxylic acid groups (broad SMARTS) is 1. The predicted octanol–water partition coefficient (Wildman–Crippen LogP) is 4.41. The van der Waals surface area contributed by atoms with Crippen LogP contribution in [0, 0.1) is 11.8 Å². The molecule has 184 valence electrons. The summed E-state index contributed by atoms with van der Waals surface area (Å²) in [5, 5.41) is 11.7. The highest BCUT2D eigenvalue weighted by Gasteiger charge is 2.40. The highest BCUT2D eigenvalue weighted by molar-refractivity contribution is 5.87. The van der Waals surface area contributed by atoms with Gasteiger partial charge in [-0.25, -0.2) is 4.79 Å². The molecule has 2 fully saturated rings. The number of benzene rings is 2. The van der Waals surface area contributed by atoms with Gasteiger partial charge in [-0.05, 0) is 59.8 Å². The number of nitrogens with zero attached hydrogens (tertiary/aromatic N) is 1. The summed E-state index contributed by atoms with van der Waals surface area (Å²) in [6.45, 7) is 1.49. The third kappa shape index (κ3) is 4.90. The van der Waals surface area contributed by atoms with Crippen molar-refractivity contribution in [3.63, 3.8) is 0 Å². The van der Waals surface area contributed by atoms with Crippen molar-refractivity contribution >= 4 is 18.0 Å². The van der Waals surface area contributed by atoms with Gasteiger partial charge in [-0.1, -0.05) is 55.0 Å². The molecule has 0 spiro atoms. The van der Waals surface area contributed by atoms with Crippen molar-refractivity contribution in [1.29, 1.82) is 0 Å². The summed E-state index contributed by atoms with van der Waals surface area (Å²) >= 11 is 0. The Morgan fingerprint density at radius 1 is 1.00 bits per heavy atom. The number of ether oxygens (including phenoxy) is 1. The molecule has 2 N–H and O–H groups in total. The number of fused-ring (bicyclic) bond motifs is 3. The van der Waals surface area contributed by atoms with Crippen LogP contribution in [0.15, 0.2) is 48.5 Å². The van der Waals surface area contributed by atoms with Crippen molar-refractivity contribution in [2.75, 3.05) is 19.7 Å². The van der Waals surface area contributed by atoms with Gasteiger partial charge in [0.05, 0.1) is 0 Å². The number of alkyl carbamates (subject to hydrolysis) is 1. The number of hydrogen-bond acceptors (Lipinski definition) is 4. The second-order valence-corrected chi connectivity index (χ2v) is 10.0. The highest BCUT2D eigenvalue weighted by atomic mass is 16.5. The van der Waals surface area contributed by atoms with Gasteiger partial charge < -0.3 is 20.1 Å². The first kappa shape index (κ1) is 23.4. The van der Waals surface area contributed by atoms with Crippen LogP contribution in [0.4, 0.5) is 4.79 Å². The van der Waals surface area contributed by atoms with Crippen molar-refractivity contribution in [2.45, 2.75) is 50.5 Å². The third-order valence-corrected chi connectivity index (χ3v) is 7.78. The van der Waals surface area contributed by atoms with Gasteiger partial charge in [-0.3, -0.25) is 9.59 Å². The van der Waals surface area contributed by atoms with Crippen LogP contribution in [0.5, 0.6) is 0 Å². The van der Waals surface area contributed by atoms with Crippen molar-refractivity contribution in [2.24, 2.45) is 11.8 Å². The number of carbonyl (C=O) groups is 3. The minimum atomic E-state index is -0.783. The quantitative estimate of drug-likeness (QED) is 0.559. The Morgan fingerprint density at radius 2 is 1.63 bits per heavy atom. The molecule has 1 atom stereocenters. The van der Waals surface area contributed by atoms with Crippen LogP contribution in [-0.4, -0.2) is 53.7 Å². The smallest absolute Gasteiger partial charge is 0.407 e. The maximum absolute atomic E-state index is 13.2. The topological polar surface area (TPSA) is 95.9 Å². The highest BCUT2D eigenvalue weighted by Crippen LogP contribution is 2.44. The largest absolute Gasteiger partial charge is 0.481 e. The van der Waals surface area contributed by atoms with Crippen LogP contribution < -0.4 is 5.32 Å². The summed E-state index contributed by atoms with van der Waals surface area (Å²) in [7, 11) is 0. The molecule has 1 aliphatic heterocycles. The molecule has 7 nitrogen and oxygen atoms in total. The number of nitrogens with one attached hydrogen (secondary N) is 1. The van der Waals surface area contributed by atoms with E-state index in [0.29, 0.717) is 25.4 Å². The molecule has 1 saturated carbocycles. The van der Waals surface area contributed by atoms with Gasteiger partial charge in [0, 0.05) is 25.4 Å². The fourth-order valence-electron chi connectivity index (χ4n) is 5.59. The number of aliphatic carboxylic acids is 1. The molecule has 7 heteroatoms. The third-order valence-electron chi connectivity index (χ3n) is 7.78. The van der Waals surface area contributed by atoms with Crippen LogP contribution >= 0.6 is 0 Å². The van der Waals surface area contributed by atoms with E-state index in [2.05, 4.69) is 29.6 Å². The molecule has 1 unspecified atom stereocenters. The van der Waals surface area contributed by atoms with E-state index in [9.17, 15) is 14.4 Å². The first-order chi connectivity index (χ1) is 17.0. The average molecular weight is 477 g/mol. The number of likely N-dealkylation sites (tertiary alicyclic amines) is 1. The number of carbonyl (C=O) groups excluding carboxylic acids is 2. The van der Waals surface area contributed by atoms with Gasteiger partial charge in [0.25, 0.3) is 0 Å². The first-order valence-electron chi connectivity index (χ1n) is 12.6. The molecule has 2 aliphatic carbocycles. The summed E-state index contributed by atoms with van der Waals surface area (Å²) in [6, 6.07) is 15.9. The number of rotatable bonds is 9. The lowest BCUT2D eigenvalue weighted by Crippen LogP contribution is -2.59. The lowest BCUT2D eigenvalue weighted by Gasteiger charge is -2.43. The van der Waals surface area contributed by atoms with E-state index in [1.807, 2.05) is 24.3 Å². The van der Waals surface area contributed by atoms with Crippen LogP contribution in [-0.2, 0) is 14.3 Å². The maximum atomic E-state index is 13.2. The summed E-state index contributed by atoms with van der Waals surface area (Å²) < 4.78 is 5.69. The molecule has 0 radical (unpaired) electrons. The summed E-state index contributed by atoms with van der Waals surface area (Å²) in [5.74, 6) is -0.357. The van der Waals surface area contributed by atoms with E-state index in [1.54, 1.807) is 4.90 Å². The monoisotopic (exact) mass is 476 g/mol. The zero-order valence-electron chi connectivity index (χ0n) is 19.8. The second-order valence-electron chi connectivity index (χ2n) is 10.0. The van der Waals surface area contributed by atoms with Gasteiger partial charge in [-0.2, -0.15) is 0 Å². The van der Waals surface area contributed by atoms with Crippen LogP contribution in [0.3, 0.4) is 0 Å². The molecule has 2 aromatic rings. The van der Waals surface area contributed by atoms with E-state index in [-0.39, 0.29) is 30.8 Å². The predicted molar refractivity (Wildman–Crippen MR) is 131 cm³/mol. The molecule has 2 amide bonds. The number of carboxylic acids is 1. The average Bonchev–Trinajstić information content (AvgIpc) is 3.11. The SMILES string of the molecule is O=C(O)CCCC1CN(C(=O)C(NC(=O)OCC2c3ccccc3-c3ccccc32)C2CCC2)C1. The summed E-state index contributed by atoms with van der Waals surface area (Å²) in [4.78, 5) is 38.5. The van der Waals surface area contributed by atoms with E-state index < -0.39 is 18.1 Å². The van der Waals surface area contributed by atoms with Crippen LogP contribution in [0.25, 0.3) is 11.1 Å². The lowest BCUT2D eigenvalue weighted by molar-refractivity contribution is -0.143. The van der Waals surface area contributed by atoms with E-state index in [4.69, 9.17) is 9.84 Å². The molecule has 1 heterocycles. The summed E-state index contributed by atoms with van der Waals surface area (Å²) in [6.07, 6.45) is 3.98. The second kappa shape index (κ2) is 10.1. The standard InChI is InChI=1S/C28H32N2O5/c31-25(32)14-5-7-18-15-30(16-18)27(33)26(19-8-6-9-19)29-28(34)35-17-24-22-12-3-1-10-20(22)21-11-2-4-13-23(21)24/h1-4,10-13,18-19,24,26H,5-9,14-17H2,(H,29,34)(H,31,32). The Hall–Kier alpha value is -3.35. The van der Waals surface area contributed by atoms with E-state index in [0.717, 1.165) is 36.8 Å². The zero-order valence-corrected chi connectivity index (χ0v) is 19.8. The van der Waals surface area contributed by atoms with Gasteiger partial charge >= 0.3 is 12.1 Å². The Bertz CT molecular complexity index is 1060. The Kier molecular flexibility index (Phi) is 6.75. The zero-order chi connectivity index (χ0) is 24.4. The van der Waals surface area contributed by atoms with Gasteiger partial charge in [-0.15, -0.1) is 0 Å². The van der Waals surface area contributed by atoms with Crippen molar-refractivity contribution in [3.8, 4) is 11.1 Å². The number of hydrogen-bond donors (Lipinski definition) is 2. The van der Waals surface area contributed by atoms with Crippen molar-refractivity contribution < 1.29 is 24.2 Å². The van der Waals surface area contributed by atoms with E-state index in [1.165, 1.54) is 11.1 Å². The molecular weight excluding hydrogens is 444 g/mol. The molecule has 35 heavy (non-hydrogen) atoms. The molecule has 1 saturated heterocycles. The molecule has 5 rings (SSSR count). The van der Waals surface area contributed by atoms with Crippen LogP contribution in [0.1, 0.15) is 55.6 Å². The fourth-order valence-corrected chi connectivity index (χ4v) is 5.59. The molecular formula is C28H32N2O5. The Labute approximate surface area is 205 Å². The summed E-state index contributed by atoms with van der Waals surface area (Å²) in [5.41, 5.74) is 4.66. The minimum absolute atomic E-state index is 0.0204. The Balaban J connectivity index is 1.17. The lowest BCUT2D eigenvalue weighted by atomic mass is 9.78. The van der Waals surface area contributed by atoms with Crippen molar-refractivity contribution in [1.82, 2.24) is 10.2 Å². The molecule has 3 aliphatic rings. The van der Waals surface area contributed by atoms with Gasteiger partial charge in [0.1, 0.15) is 12.6 Å². The van der Waals surface area contributed by atoms with Crippen LogP contribution in [0.2, 0.25) is 0 Å². The Morgan fingerprint density at radius 3 is 2.20 bits per heavy atom. The minimum Gasteiger partial charge on any atom is -0.481 e. The molecule has 0 bridgehead atoms. The first-order valence-corrected chi connectivity index (χ1v) is 12.6. The maximum Gasteiger partial charge on any atom is 0.407 e. The fraction of sp³-hybridized carbons (Fsp3) is 0.464. The normalized spacial score (nSPS) is 18.1. The molecule has 0 aromatic heterocycles. The van der Waals surface area contributed by atoms with E-state index >= 15 is 0 Å². The van der Waals surface area contributed by atoms with Gasteiger partial charge in [0.2, 0.25) is 5.91 Å². The molecule has 2 aromatic carbocycles. The van der Waals surface area contributed by atoms with Crippen molar-refractivity contribution in [3.05, 3.63) is 59.7 Å².